The van der Waals surface area contributed by atoms with Crippen molar-refractivity contribution in [2.24, 2.45) is 11.3 Å². The van der Waals surface area contributed by atoms with Crippen LogP contribution in [0.25, 0.3) is 0 Å². The molecule has 0 rings (SSSR count). The largest absolute Gasteiger partial charge is 1.00 e. The molecule has 0 aliphatic rings. The van der Waals surface area contributed by atoms with E-state index in [1.54, 1.807) is 0 Å². The van der Waals surface area contributed by atoms with Gasteiger partial charge in [0.05, 0.1) is 0 Å². The van der Waals surface area contributed by atoms with E-state index in [4.69, 9.17) is 10.2 Å². The second kappa shape index (κ2) is 8.09. The number of unbranched alkanes of at least 4 members (excludes halogenated alkanes) is 1. The van der Waals surface area contributed by atoms with Crippen molar-refractivity contribution in [1.82, 2.24) is 0 Å². The Bertz CT molecular complexity index is 232. The maximum atomic E-state index is 11.0. The predicted octanol–water partition coefficient (Wildman–Crippen LogP) is -0.505. The molecule has 4 nitrogen and oxygen atoms in total. The number of aliphatic carboxylic acids is 2. The van der Waals surface area contributed by atoms with Crippen LogP contribution in [0.2, 0.25) is 0 Å². The molecule has 16 heavy (non-hydrogen) atoms. The summed E-state index contributed by atoms with van der Waals surface area (Å²) in [5.74, 6) is -2.77. The Labute approximate surface area is 120 Å². The number of carbonyl (C=O) groups is 2. The summed E-state index contributed by atoms with van der Waals surface area (Å²) >= 11 is 0. The van der Waals surface area contributed by atoms with Crippen LogP contribution in [-0.2, 0) is 9.59 Å². The Morgan fingerprint density at radius 3 is 1.94 bits per heavy atom. The van der Waals surface area contributed by atoms with Gasteiger partial charge in [0.25, 0.3) is 0 Å². The van der Waals surface area contributed by atoms with E-state index in [2.05, 4.69) is 0 Å². The molecule has 1 atom stereocenters. The van der Waals surface area contributed by atoms with Crippen molar-refractivity contribution >= 4 is 11.9 Å². The molecule has 0 bridgehead atoms. The Hall–Kier alpha value is -0.0600. The maximum absolute atomic E-state index is 11.0. The number of rotatable bonds is 7. The second-order valence-electron chi connectivity index (χ2n) is 4.06. The summed E-state index contributed by atoms with van der Waals surface area (Å²) in [5.41, 5.74) is -1.65. The molecule has 0 saturated heterocycles. The topological polar surface area (TPSA) is 74.6 Å². The first-order chi connectivity index (χ1) is 6.91. The summed E-state index contributed by atoms with van der Waals surface area (Å²) in [7, 11) is 0. The van der Waals surface area contributed by atoms with E-state index in [1.165, 1.54) is 6.92 Å². The van der Waals surface area contributed by atoms with Gasteiger partial charge in [-0.15, -0.1) is 0 Å². The van der Waals surface area contributed by atoms with Gasteiger partial charge >= 0.3 is 41.5 Å². The van der Waals surface area contributed by atoms with Crippen molar-refractivity contribution in [3.63, 3.8) is 0 Å². The Morgan fingerprint density at radius 2 is 1.69 bits per heavy atom. The van der Waals surface area contributed by atoms with Crippen molar-refractivity contribution in [2.75, 3.05) is 0 Å². The monoisotopic (exact) mass is 240 g/mol. The summed E-state index contributed by atoms with van der Waals surface area (Å²) in [6.07, 6.45) is 3.05. The van der Waals surface area contributed by atoms with Gasteiger partial charge < -0.3 is 11.6 Å². The Balaban J connectivity index is -0.000000980. The van der Waals surface area contributed by atoms with Crippen LogP contribution in [0.3, 0.4) is 0 Å². The van der Waals surface area contributed by atoms with E-state index >= 15 is 0 Å². The van der Waals surface area contributed by atoms with Crippen LogP contribution in [0.1, 0.15) is 47.9 Å². The third-order valence-electron chi connectivity index (χ3n) is 3.10. The minimum atomic E-state index is -1.65. The number of hydrogen-bond donors (Lipinski definition) is 2. The number of hydrogen-bond acceptors (Lipinski definition) is 2. The standard InChI is InChI=1S/C11H20O4.Na.H/c1-4-6-7-8(5-2)11(3,9(12)13)10(14)15;;/h8H,4-7H2,1-3H3,(H,12,13)(H,14,15);;/q;+1;-1. The Kier molecular flexibility index (Phi) is 9.26. The molecule has 0 saturated carbocycles. The first-order valence-electron chi connectivity index (χ1n) is 5.37. The van der Waals surface area contributed by atoms with Crippen molar-refractivity contribution < 1.29 is 50.8 Å². The average molecular weight is 240 g/mol. The zero-order chi connectivity index (χ0) is 12.1. The first kappa shape index (κ1) is 18.3. The summed E-state index contributed by atoms with van der Waals surface area (Å²) in [5, 5.41) is 18.0. The molecule has 0 spiro atoms. The van der Waals surface area contributed by atoms with Crippen molar-refractivity contribution in [3.8, 4) is 0 Å². The van der Waals surface area contributed by atoms with Gasteiger partial charge in [0.1, 0.15) is 0 Å². The third kappa shape index (κ3) is 4.07. The van der Waals surface area contributed by atoms with Crippen LogP contribution in [0.5, 0.6) is 0 Å². The zero-order valence-electron chi connectivity index (χ0n) is 11.6. The number of carboxylic acids is 2. The van der Waals surface area contributed by atoms with Crippen LogP contribution in [0, 0.1) is 11.3 Å². The molecule has 0 fully saturated rings. The molecular weight excluding hydrogens is 219 g/mol. The quantitative estimate of drug-likeness (QED) is 0.464. The summed E-state index contributed by atoms with van der Waals surface area (Å²) in [6, 6.07) is 0. The third-order valence-corrected chi connectivity index (χ3v) is 3.10. The van der Waals surface area contributed by atoms with E-state index in [0.29, 0.717) is 12.8 Å². The smallest absolute Gasteiger partial charge is 1.00 e. The van der Waals surface area contributed by atoms with E-state index in [0.717, 1.165) is 12.8 Å². The molecule has 0 aliphatic carbocycles. The van der Waals surface area contributed by atoms with E-state index in [1.807, 2.05) is 13.8 Å². The van der Waals surface area contributed by atoms with Gasteiger partial charge in [0.15, 0.2) is 5.41 Å². The zero-order valence-corrected chi connectivity index (χ0v) is 12.6. The fraction of sp³-hybridized carbons (Fsp3) is 0.818. The van der Waals surface area contributed by atoms with Gasteiger partial charge in [0.2, 0.25) is 0 Å². The van der Waals surface area contributed by atoms with Crippen molar-refractivity contribution in [1.29, 1.82) is 0 Å². The van der Waals surface area contributed by atoms with Crippen LogP contribution in [0.15, 0.2) is 0 Å². The van der Waals surface area contributed by atoms with E-state index < -0.39 is 17.4 Å². The SMILES string of the molecule is CCCCC(CC)C(C)(C(=O)O)C(=O)O.[H-].[Na+]. The van der Waals surface area contributed by atoms with Gasteiger partial charge in [-0.05, 0) is 19.3 Å². The molecule has 1 unspecified atom stereocenters. The van der Waals surface area contributed by atoms with Gasteiger partial charge in [-0.2, -0.15) is 0 Å². The van der Waals surface area contributed by atoms with Gasteiger partial charge in [-0.25, -0.2) is 0 Å². The summed E-state index contributed by atoms with van der Waals surface area (Å²) in [4.78, 5) is 22.1. The molecule has 0 aromatic carbocycles. The molecule has 0 amide bonds. The van der Waals surface area contributed by atoms with Crippen LogP contribution in [-0.4, -0.2) is 22.2 Å². The fourth-order valence-corrected chi connectivity index (χ4v) is 1.79. The van der Waals surface area contributed by atoms with Crippen LogP contribution < -0.4 is 29.6 Å². The predicted molar refractivity (Wildman–Crippen MR) is 57.8 cm³/mol. The van der Waals surface area contributed by atoms with Gasteiger partial charge in [-0.3, -0.25) is 9.59 Å². The normalized spacial score (nSPS) is 12.7. The number of carboxylic acid groups (broad SMARTS) is 2. The van der Waals surface area contributed by atoms with E-state index in [9.17, 15) is 9.59 Å². The molecule has 2 N–H and O–H groups in total. The minimum absolute atomic E-state index is 0. The molecule has 5 heteroatoms. The molecule has 0 aromatic rings. The average Bonchev–Trinajstić information content (AvgIpc) is 2.17. The molecule has 0 radical (unpaired) electrons. The Morgan fingerprint density at radius 1 is 1.25 bits per heavy atom. The van der Waals surface area contributed by atoms with Crippen LogP contribution >= 0.6 is 0 Å². The minimum Gasteiger partial charge on any atom is -1.00 e. The van der Waals surface area contributed by atoms with Crippen LogP contribution in [0.4, 0.5) is 0 Å². The summed E-state index contributed by atoms with van der Waals surface area (Å²) < 4.78 is 0. The molecular formula is C11H21NaO4. The molecule has 0 heterocycles. The van der Waals surface area contributed by atoms with Crippen molar-refractivity contribution in [3.05, 3.63) is 0 Å². The van der Waals surface area contributed by atoms with Gasteiger partial charge in [-0.1, -0.05) is 33.1 Å². The van der Waals surface area contributed by atoms with E-state index in [-0.39, 0.29) is 36.9 Å². The van der Waals surface area contributed by atoms with Gasteiger partial charge in [0, 0.05) is 0 Å². The van der Waals surface area contributed by atoms with Crippen molar-refractivity contribution in [2.45, 2.75) is 46.5 Å². The maximum Gasteiger partial charge on any atom is 1.00 e. The first-order valence-corrected chi connectivity index (χ1v) is 5.37. The second-order valence-corrected chi connectivity index (χ2v) is 4.06. The summed E-state index contributed by atoms with van der Waals surface area (Å²) in [6.45, 7) is 5.15. The molecule has 0 aromatic heterocycles. The molecule has 90 valence electrons. The fourth-order valence-electron chi connectivity index (χ4n) is 1.79. The molecule has 0 aliphatic heterocycles.